The van der Waals surface area contributed by atoms with E-state index in [1.165, 1.54) is 0 Å². The zero-order valence-electron chi connectivity index (χ0n) is 13.2. The summed E-state index contributed by atoms with van der Waals surface area (Å²) >= 11 is 0. The number of ether oxygens (including phenoxy) is 1. The average molecular weight is 303 g/mol. The fraction of sp³-hybridized carbons (Fsp3) is 0.556. The molecule has 0 saturated heterocycles. The molecule has 1 aromatic carbocycles. The maximum absolute atomic E-state index is 12.0. The zero-order chi connectivity index (χ0) is 15.8. The Labute approximate surface area is 132 Å². The Morgan fingerprint density at radius 3 is 2.82 bits per heavy atom. The van der Waals surface area contributed by atoms with Gasteiger partial charge in [-0.2, -0.15) is 0 Å². The van der Waals surface area contributed by atoms with Gasteiger partial charge in [-0.25, -0.2) is 4.79 Å². The first-order chi connectivity index (χ1) is 10.7. The number of unbranched alkanes of at least 4 members (excludes halogenated alkanes) is 1. The fourth-order valence-electron chi connectivity index (χ4n) is 2.96. The van der Waals surface area contributed by atoms with Gasteiger partial charge in [0.1, 0.15) is 12.4 Å². The molecule has 0 spiro atoms. The van der Waals surface area contributed by atoms with Gasteiger partial charge in [-0.1, -0.05) is 50.1 Å². The second-order valence-corrected chi connectivity index (χ2v) is 6.00. The second-order valence-electron chi connectivity index (χ2n) is 6.00. The Morgan fingerprint density at radius 2 is 2.09 bits per heavy atom. The van der Waals surface area contributed by atoms with E-state index < -0.39 is 0 Å². The lowest BCUT2D eigenvalue weighted by atomic mass is 9.81. The molecule has 1 aromatic rings. The lowest BCUT2D eigenvalue weighted by molar-refractivity contribution is -0.122. The van der Waals surface area contributed by atoms with Gasteiger partial charge in [0.25, 0.3) is 0 Å². The lowest BCUT2D eigenvalue weighted by Gasteiger charge is -2.31. The number of ketones is 1. The summed E-state index contributed by atoms with van der Waals surface area (Å²) in [4.78, 5) is 23.6. The molecule has 0 heterocycles. The Hall–Kier alpha value is -1.84. The van der Waals surface area contributed by atoms with E-state index in [4.69, 9.17) is 4.74 Å². The van der Waals surface area contributed by atoms with Gasteiger partial charge in [-0.15, -0.1) is 0 Å². The van der Waals surface area contributed by atoms with E-state index in [9.17, 15) is 9.59 Å². The molecule has 120 valence electrons. The highest BCUT2D eigenvalue weighted by atomic mass is 16.5. The van der Waals surface area contributed by atoms with Crippen LogP contribution in [0, 0.1) is 5.92 Å². The fourth-order valence-corrected chi connectivity index (χ4v) is 2.96. The first-order valence-corrected chi connectivity index (χ1v) is 8.18. The van der Waals surface area contributed by atoms with Crippen molar-refractivity contribution in [2.45, 2.75) is 58.1 Å². The molecule has 0 bridgehead atoms. The van der Waals surface area contributed by atoms with Gasteiger partial charge in [0, 0.05) is 18.9 Å². The third-order valence-corrected chi connectivity index (χ3v) is 4.24. The summed E-state index contributed by atoms with van der Waals surface area (Å²) in [6, 6.07) is 9.69. The molecule has 2 atom stereocenters. The topological polar surface area (TPSA) is 55.4 Å². The van der Waals surface area contributed by atoms with Crippen molar-refractivity contribution < 1.29 is 14.3 Å². The number of carbonyl (C=O) groups excluding carboxylic acids is 2. The number of hydrogen-bond acceptors (Lipinski definition) is 3. The summed E-state index contributed by atoms with van der Waals surface area (Å²) in [5.41, 5.74) is 0.971. The highest BCUT2D eigenvalue weighted by molar-refractivity contribution is 5.80. The number of rotatable bonds is 6. The van der Waals surface area contributed by atoms with Crippen molar-refractivity contribution in [1.29, 1.82) is 0 Å². The van der Waals surface area contributed by atoms with Crippen LogP contribution in [0.5, 0.6) is 0 Å². The smallest absolute Gasteiger partial charge is 0.407 e. The van der Waals surface area contributed by atoms with E-state index in [-0.39, 0.29) is 24.7 Å². The average Bonchev–Trinajstić information content (AvgIpc) is 2.54. The van der Waals surface area contributed by atoms with Gasteiger partial charge < -0.3 is 10.1 Å². The second kappa shape index (κ2) is 8.57. The van der Waals surface area contributed by atoms with Crippen molar-refractivity contribution in [1.82, 2.24) is 5.32 Å². The third-order valence-electron chi connectivity index (χ3n) is 4.24. The normalized spacial score (nSPS) is 21.4. The predicted octanol–water partition coefficient (Wildman–Crippen LogP) is 3.84. The highest BCUT2D eigenvalue weighted by Crippen LogP contribution is 2.26. The summed E-state index contributed by atoms with van der Waals surface area (Å²) in [7, 11) is 0. The summed E-state index contributed by atoms with van der Waals surface area (Å²) in [6.45, 7) is 2.42. The maximum atomic E-state index is 12.0. The summed E-state index contributed by atoms with van der Waals surface area (Å²) in [6.07, 6.45) is 4.69. The van der Waals surface area contributed by atoms with Gasteiger partial charge >= 0.3 is 6.09 Å². The maximum Gasteiger partial charge on any atom is 0.407 e. The Kier molecular flexibility index (Phi) is 6.44. The quantitative estimate of drug-likeness (QED) is 0.868. The molecule has 0 unspecified atom stereocenters. The molecule has 1 fully saturated rings. The van der Waals surface area contributed by atoms with Crippen LogP contribution in [0.3, 0.4) is 0 Å². The Balaban J connectivity index is 1.81. The van der Waals surface area contributed by atoms with Crippen molar-refractivity contribution in [2.75, 3.05) is 0 Å². The van der Waals surface area contributed by atoms with Gasteiger partial charge in [0.15, 0.2) is 0 Å². The lowest BCUT2D eigenvalue weighted by Crippen LogP contribution is -2.44. The molecule has 4 heteroatoms. The summed E-state index contributed by atoms with van der Waals surface area (Å²) in [5, 5.41) is 2.96. The van der Waals surface area contributed by atoms with Crippen molar-refractivity contribution in [3.63, 3.8) is 0 Å². The minimum atomic E-state index is -0.385. The molecule has 0 aromatic heterocycles. The zero-order valence-corrected chi connectivity index (χ0v) is 13.2. The number of hydrogen-bond donors (Lipinski definition) is 1. The first kappa shape index (κ1) is 16.5. The number of benzene rings is 1. The molecule has 1 amide bonds. The molecule has 1 saturated carbocycles. The van der Waals surface area contributed by atoms with E-state index in [1.54, 1.807) is 0 Å². The van der Waals surface area contributed by atoms with Crippen LogP contribution >= 0.6 is 0 Å². The molecule has 1 aliphatic carbocycles. The van der Waals surface area contributed by atoms with Gasteiger partial charge in [0.2, 0.25) is 0 Å². The molecular formula is C18H25NO3. The standard InChI is InChI=1S/C18H25NO3/c1-2-3-9-15-12-16(20)10-11-17(15)19-18(21)22-13-14-7-5-4-6-8-14/h4-8,15,17H,2-3,9-13H2,1H3,(H,19,21)/t15-,17+/m1/s1. The number of amides is 1. The molecule has 1 aliphatic rings. The highest BCUT2D eigenvalue weighted by Gasteiger charge is 2.30. The van der Waals surface area contributed by atoms with Crippen molar-refractivity contribution in [3.05, 3.63) is 35.9 Å². The Morgan fingerprint density at radius 1 is 1.32 bits per heavy atom. The van der Waals surface area contributed by atoms with Crippen LogP contribution < -0.4 is 5.32 Å². The van der Waals surface area contributed by atoms with E-state index >= 15 is 0 Å². The van der Waals surface area contributed by atoms with Crippen molar-refractivity contribution in [3.8, 4) is 0 Å². The summed E-state index contributed by atoms with van der Waals surface area (Å²) < 4.78 is 5.28. The van der Waals surface area contributed by atoms with Crippen LogP contribution in [0.4, 0.5) is 4.79 Å². The third kappa shape index (κ3) is 5.17. The van der Waals surface area contributed by atoms with Gasteiger partial charge in [-0.3, -0.25) is 4.79 Å². The van der Waals surface area contributed by atoms with Crippen molar-refractivity contribution in [2.24, 2.45) is 5.92 Å². The SMILES string of the molecule is CCCC[C@@H]1CC(=O)CC[C@@H]1NC(=O)OCc1ccccc1. The molecule has 0 aliphatic heterocycles. The molecular weight excluding hydrogens is 278 g/mol. The first-order valence-electron chi connectivity index (χ1n) is 8.18. The van der Waals surface area contributed by atoms with Crippen LogP contribution in [0.2, 0.25) is 0 Å². The van der Waals surface area contributed by atoms with Crippen LogP contribution in [0.25, 0.3) is 0 Å². The predicted molar refractivity (Wildman–Crippen MR) is 85.4 cm³/mol. The molecule has 1 N–H and O–H groups in total. The summed E-state index contributed by atoms with van der Waals surface area (Å²) in [5.74, 6) is 0.572. The van der Waals surface area contributed by atoms with E-state index in [2.05, 4.69) is 12.2 Å². The molecule has 2 rings (SSSR count). The van der Waals surface area contributed by atoms with Crippen LogP contribution in [-0.2, 0) is 16.1 Å². The number of Topliss-reactive ketones (excluding diaryl/α,β-unsaturated/α-hetero) is 1. The van der Waals surface area contributed by atoms with Gasteiger partial charge in [-0.05, 0) is 24.3 Å². The van der Waals surface area contributed by atoms with Gasteiger partial charge in [0.05, 0.1) is 0 Å². The van der Waals surface area contributed by atoms with Crippen molar-refractivity contribution >= 4 is 11.9 Å². The number of alkyl carbamates (subject to hydrolysis) is 1. The van der Waals surface area contributed by atoms with Crippen LogP contribution in [0.15, 0.2) is 30.3 Å². The van der Waals surface area contributed by atoms with Crippen LogP contribution in [-0.4, -0.2) is 17.9 Å². The minimum Gasteiger partial charge on any atom is -0.445 e. The molecule has 0 radical (unpaired) electrons. The number of nitrogens with one attached hydrogen (secondary N) is 1. The van der Waals surface area contributed by atoms with E-state index in [0.29, 0.717) is 18.6 Å². The minimum absolute atomic E-state index is 0.0625. The Bertz CT molecular complexity index is 486. The molecule has 4 nitrogen and oxygen atoms in total. The largest absolute Gasteiger partial charge is 0.445 e. The van der Waals surface area contributed by atoms with E-state index in [1.807, 2.05) is 30.3 Å². The van der Waals surface area contributed by atoms with E-state index in [0.717, 1.165) is 31.2 Å². The van der Waals surface area contributed by atoms with Crippen LogP contribution in [0.1, 0.15) is 51.0 Å². The molecule has 22 heavy (non-hydrogen) atoms. The number of carbonyl (C=O) groups is 2. The monoisotopic (exact) mass is 303 g/mol.